The molecule has 0 unspecified atom stereocenters. The number of hydrogen-bond acceptors (Lipinski definition) is 2. The molecule has 1 N–H and O–H groups in total. The molecule has 0 aliphatic carbocycles. The fraction of sp³-hybridized carbons (Fsp3) is 0.133. The second-order valence-corrected chi connectivity index (χ2v) is 3.90. The summed E-state index contributed by atoms with van der Waals surface area (Å²) in [5, 5.41) is 2.88. The zero-order valence-electron chi connectivity index (χ0n) is 9.81. The molecule has 0 heterocycles. The molecule has 0 atom stereocenters. The predicted octanol–water partition coefficient (Wildman–Crippen LogP) is 2.76. The average Bonchev–Trinajstić information content (AvgIpc) is 2.40. The lowest BCUT2D eigenvalue weighted by Gasteiger charge is -2.04. The first-order valence-electron chi connectivity index (χ1n) is 5.64. The Morgan fingerprint density at radius 1 is 1.00 bits per heavy atom. The zero-order chi connectivity index (χ0) is 12.1. The van der Waals surface area contributed by atoms with E-state index >= 15 is 0 Å². The molecule has 2 aromatic rings. The van der Waals surface area contributed by atoms with Crippen molar-refractivity contribution in [1.29, 1.82) is 0 Å². The van der Waals surface area contributed by atoms with Crippen LogP contribution in [0.15, 0.2) is 54.6 Å². The van der Waals surface area contributed by atoms with E-state index in [9.17, 15) is 4.79 Å². The topological polar surface area (TPSA) is 29.1 Å². The molecule has 0 spiro atoms. The summed E-state index contributed by atoms with van der Waals surface area (Å²) < 4.78 is 0. The molecule has 0 amide bonds. The van der Waals surface area contributed by atoms with Gasteiger partial charge in [0, 0.05) is 5.56 Å². The van der Waals surface area contributed by atoms with Gasteiger partial charge in [-0.15, -0.1) is 0 Å². The van der Waals surface area contributed by atoms with Crippen LogP contribution >= 0.6 is 0 Å². The van der Waals surface area contributed by atoms with Gasteiger partial charge in [-0.25, -0.2) is 0 Å². The summed E-state index contributed by atoms with van der Waals surface area (Å²) in [5.74, 6) is 0.116. The maximum atomic E-state index is 11.8. The molecule has 0 aliphatic rings. The highest BCUT2D eigenvalue weighted by molar-refractivity contribution is 5.98. The van der Waals surface area contributed by atoms with Crippen LogP contribution < -0.4 is 5.32 Å². The third kappa shape index (κ3) is 2.80. The van der Waals surface area contributed by atoms with E-state index in [2.05, 4.69) is 5.32 Å². The SMILES string of the molecule is CNCC(=O)c1cccc(-c2ccccc2)c1. The lowest BCUT2D eigenvalue weighted by Crippen LogP contribution is -2.18. The highest BCUT2D eigenvalue weighted by atomic mass is 16.1. The minimum absolute atomic E-state index is 0.116. The lowest BCUT2D eigenvalue weighted by atomic mass is 10.0. The van der Waals surface area contributed by atoms with E-state index in [1.54, 1.807) is 7.05 Å². The second kappa shape index (κ2) is 5.41. The molecule has 0 aliphatic heterocycles. The van der Waals surface area contributed by atoms with Crippen molar-refractivity contribution in [3.63, 3.8) is 0 Å². The average molecular weight is 225 g/mol. The largest absolute Gasteiger partial charge is 0.313 e. The molecule has 2 rings (SSSR count). The Kier molecular flexibility index (Phi) is 3.68. The summed E-state index contributed by atoms with van der Waals surface area (Å²) in [7, 11) is 1.78. The first kappa shape index (κ1) is 11.6. The number of rotatable bonds is 4. The first-order chi connectivity index (χ1) is 8.31. The van der Waals surface area contributed by atoms with Crippen molar-refractivity contribution in [3.05, 3.63) is 60.2 Å². The van der Waals surface area contributed by atoms with Gasteiger partial charge in [-0.1, -0.05) is 48.5 Å². The molecule has 2 heteroatoms. The Hall–Kier alpha value is -1.93. The second-order valence-electron chi connectivity index (χ2n) is 3.90. The molecular weight excluding hydrogens is 210 g/mol. The number of Topliss-reactive ketones (excluding diaryl/α,β-unsaturated/α-hetero) is 1. The van der Waals surface area contributed by atoms with Gasteiger partial charge in [0.25, 0.3) is 0 Å². The maximum absolute atomic E-state index is 11.8. The van der Waals surface area contributed by atoms with Gasteiger partial charge >= 0.3 is 0 Å². The van der Waals surface area contributed by atoms with Crippen LogP contribution in [0.1, 0.15) is 10.4 Å². The van der Waals surface area contributed by atoms with Crippen LogP contribution in [0, 0.1) is 0 Å². The van der Waals surface area contributed by atoms with Crippen molar-refractivity contribution in [1.82, 2.24) is 5.32 Å². The van der Waals surface area contributed by atoms with E-state index in [0.29, 0.717) is 6.54 Å². The number of carbonyl (C=O) groups excluding carboxylic acids is 1. The highest BCUT2D eigenvalue weighted by Crippen LogP contribution is 2.19. The number of carbonyl (C=O) groups is 1. The van der Waals surface area contributed by atoms with Gasteiger partial charge in [-0.2, -0.15) is 0 Å². The van der Waals surface area contributed by atoms with Gasteiger partial charge in [0.15, 0.2) is 5.78 Å². The van der Waals surface area contributed by atoms with Crippen molar-refractivity contribution >= 4 is 5.78 Å². The summed E-state index contributed by atoms with van der Waals surface area (Å²) >= 11 is 0. The first-order valence-corrected chi connectivity index (χ1v) is 5.64. The van der Waals surface area contributed by atoms with E-state index in [-0.39, 0.29) is 5.78 Å². The predicted molar refractivity (Wildman–Crippen MR) is 70.1 cm³/mol. The van der Waals surface area contributed by atoms with Crippen LogP contribution in [0.3, 0.4) is 0 Å². The molecule has 2 nitrogen and oxygen atoms in total. The Morgan fingerprint density at radius 3 is 2.41 bits per heavy atom. The zero-order valence-corrected chi connectivity index (χ0v) is 9.81. The van der Waals surface area contributed by atoms with Crippen molar-refractivity contribution in [2.45, 2.75) is 0 Å². The van der Waals surface area contributed by atoms with Gasteiger partial charge in [0.05, 0.1) is 6.54 Å². The molecule has 17 heavy (non-hydrogen) atoms. The van der Waals surface area contributed by atoms with E-state index in [1.165, 1.54) is 0 Å². The van der Waals surface area contributed by atoms with Gasteiger partial charge < -0.3 is 5.32 Å². The lowest BCUT2D eigenvalue weighted by molar-refractivity contribution is 0.0993. The maximum Gasteiger partial charge on any atom is 0.176 e. The fourth-order valence-corrected chi connectivity index (χ4v) is 1.77. The van der Waals surface area contributed by atoms with Gasteiger partial charge in [-0.05, 0) is 24.2 Å². The standard InChI is InChI=1S/C15H15NO/c1-16-11-15(17)14-9-5-8-13(10-14)12-6-3-2-4-7-12/h2-10,16H,11H2,1H3. The Balaban J connectivity index is 2.32. The van der Waals surface area contributed by atoms with Gasteiger partial charge in [0.2, 0.25) is 0 Å². The number of ketones is 1. The molecule has 0 bridgehead atoms. The molecule has 0 saturated carbocycles. The van der Waals surface area contributed by atoms with Gasteiger partial charge in [-0.3, -0.25) is 4.79 Å². The number of nitrogens with one attached hydrogen (secondary N) is 1. The summed E-state index contributed by atoms with van der Waals surface area (Å²) in [4.78, 5) is 11.8. The number of hydrogen-bond donors (Lipinski definition) is 1. The van der Waals surface area contributed by atoms with Crippen LogP contribution in [-0.4, -0.2) is 19.4 Å². The number of likely N-dealkylation sites (N-methyl/N-ethyl adjacent to an activating group) is 1. The molecule has 0 fully saturated rings. The van der Waals surface area contributed by atoms with Crippen LogP contribution in [0.25, 0.3) is 11.1 Å². The van der Waals surface area contributed by atoms with E-state index < -0.39 is 0 Å². The quantitative estimate of drug-likeness (QED) is 0.811. The Bertz CT molecular complexity index is 505. The third-order valence-corrected chi connectivity index (χ3v) is 2.63. The van der Waals surface area contributed by atoms with Crippen LogP contribution in [0.4, 0.5) is 0 Å². The van der Waals surface area contributed by atoms with E-state index in [1.807, 2.05) is 54.6 Å². The van der Waals surface area contributed by atoms with Crippen molar-refractivity contribution < 1.29 is 4.79 Å². The summed E-state index contributed by atoms with van der Waals surface area (Å²) in [5.41, 5.74) is 2.96. The van der Waals surface area contributed by atoms with Crippen molar-refractivity contribution in [2.75, 3.05) is 13.6 Å². The minimum atomic E-state index is 0.116. The van der Waals surface area contributed by atoms with Gasteiger partial charge in [0.1, 0.15) is 0 Å². The Labute approximate surface area is 101 Å². The van der Waals surface area contributed by atoms with Crippen molar-refractivity contribution in [3.8, 4) is 11.1 Å². The number of benzene rings is 2. The smallest absolute Gasteiger partial charge is 0.176 e. The summed E-state index contributed by atoms with van der Waals surface area (Å²) in [6.07, 6.45) is 0. The summed E-state index contributed by atoms with van der Waals surface area (Å²) in [6, 6.07) is 17.8. The molecule has 0 radical (unpaired) electrons. The normalized spacial score (nSPS) is 10.2. The minimum Gasteiger partial charge on any atom is -0.313 e. The van der Waals surface area contributed by atoms with Crippen LogP contribution in [-0.2, 0) is 0 Å². The highest BCUT2D eigenvalue weighted by Gasteiger charge is 2.05. The summed E-state index contributed by atoms with van der Waals surface area (Å²) in [6.45, 7) is 0.373. The van der Waals surface area contributed by atoms with Crippen LogP contribution in [0.2, 0.25) is 0 Å². The van der Waals surface area contributed by atoms with E-state index in [0.717, 1.165) is 16.7 Å². The van der Waals surface area contributed by atoms with E-state index in [4.69, 9.17) is 0 Å². The molecule has 86 valence electrons. The molecule has 2 aromatic carbocycles. The fourth-order valence-electron chi connectivity index (χ4n) is 1.77. The molecule has 0 aromatic heterocycles. The third-order valence-electron chi connectivity index (χ3n) is 2.63. The Morgan fingerprint density at radius 2 is 1.71 bits per heavy atom. The monoisotopic (exact) mass is 225 g/mol. The van der Waals surface area contributed by atoms with Crippen LogP contribution in [0.5, 0.6) is 0 Å². The molecule has 0 saturated heterocycles. The van der Waals surface area contributed by atoms with Crippen molar-refractivity contribution in [2.24, 2.45) is 0 Å². The molecular formula is C15H15NO.